The maximum atomic E-state index is 12.3. The minimum atomic E-state index is -0.0754. The first-order valence-corrected chi connectivity index (χ1v) is 6.62. The maximum Gasteiger partial charge on any atom is 0.346 e. The number of hydrogen-bond acceptors (Lipinski definition) is 4. The molecule has 102 valence electrons. The van der Waals surface area contributed by atoms with Crippen LogP contribution in [0, 0.1) is 0 Å². The van der Waals surface area contributed by atoms with Crippen molar-refractivity contribution in [2.24, 2.45) is 0 Å². The van der Waals surface area contributed by atoms with E-state index in [-0.39, 0.29) is 11.7 Å². The van der Waals surface area contributed by atoms with Crippen molar-refractivity contribution >= 4 is 0 Å². The molecule has 19 heavy (non-hydrogen) atoms. The van der Waals surface area contributed by atoms with Gasteiger partial charge in [-0.1, -0.05) is 0 Å². The average Bonchev–Trinajstić information content (AvgIpc) is 2.99. The molecule has 0 aliphatic heterocycles. The number of nitrogens with zero attached hydrogens (tertiary/aromatic N) is 3. The third-order valence-corrected chi connectivity index (χ3v) is 3.18. The van der Waals surface area contributed by atoms with Crippen molar-refractivity contribution in [2.75, 3.05) is 13.2 Å². The van der Waals surface area contributed by atoms with Crippen molar-refractivity contribution < 1.29 is 9.15 Å². The highest BCUT2D eigenvalue weighted by Gasteiger charge is 2.31. The summed E-state index contributed by atoms with van der Waals surface area (Å²) in [5.41, 5.74) is -0.0754. The summed E-state index contributed by atoms with van der Waals surface area (Å²) in [6.45, 7) is 3.54. The van der Waals surface area contributed by atoms with Gasteiger partial charge >= 0.3 is 5.69 Å². The Morgan fingerprint density at radius 1 is 1.53 bits per heavy atom. The number of rotatable bonds is 6. The van der Waals surface area contributed by atoms with Crippen molar-refractivity contribution in [1.29, 1.82) is 0 Å². The van der Waals surface area contributed by atoms with Crippen LogP contribution in [0.25, 0.3) is 11.6 Å². The van der Waals surface area contributed by atoms with E-state index in [0.29, 0.717) is 31.3 Å². The first-order chi connectivity index (χ1) is 9.31. The van der Waals surface area contributed by atoms with Gasteiger partial charge in [0.1, 0.15) is 0 Å². The molecule has 0 atom stereocenters. The van der Waals surface area contributed by atoms with Crippen LogP contribution in [0.2, 0.25) is 0 Å². The Bertz CT molecular complexity index is 593. The third kappa shape index (κ3) is 2.35. The van der Waals surface area contributed by atoms with Gasteiger partial charge in [0.15, 0.2) is 5.76 Å². The zero-order valence-electron chi connectivity index (χ0n) is 10.9. The van der Waals surface area contributed by atoms with Crippen LogP contribution >= 0.6 is 0 Å². The molecule has 0 amide bonds. The molecule has 1 fully saturated rings. The molecule has 6 nitrogen and oxygen atoms in total. The molecule has 0 N–H and O–H groups in total. The predicted octanol–water partition coefficient (Wildman–Crippen LogP) is 1.68. The maximum absolute atomic E-state index is 12.3. The first-order valence-electron chi connectivity index (χ1n) is 6.62. The molecule has 0 aromatic carbocycles. The SMILES string of the molecule is CCOCCn1nc(-c2ccco2)n(C2CC2)c1=O. The molecule has 0 spiro atoms. The topological polar surface area (TPSA) is 62.2 Å². The molecule has 2 aromatic rings. The van der Waals surface area contributed by atoms with E-state index >= 15 is 0 Å². The van der Waals surface area contributed by atoms with Crippen LogP contribution in [-0.2, 0) is 11.3 Å². The van der Waals surface area contributed by atoms with Crippen LogP contribution in [0.4, 0.5) is 0 Å². The van der Waals surface area contributed by atoms with E-state index < -0.39 is 0 Å². The Morgan fingerprint density at radius 2 is 2.37 bits per heavy atom. The summed E-state index contributed by atoms with van der Waals surface area (Å²) >= 11 is 0. The van der Waals surface area contributed by atoms with Crippen LogP contribution < -0.4 is 5.69 Å². The molecular weight excluding hydrogens is 246 g/mol. The summed E-state index contributed by atoms with van der Waals surface area (Å²) in [5.74, 6) is 1.26. The molecular formula is C13H17N3O3. The van der Waals surface area contributed by atoms with E-state index in [9.17, 15) is 4.79 Å². The molecule has 0 radical (unpaired) electrons. The monoisotopic (exact) mass is 263 g/mol. The summed E-state index contributed by atoms with van der Waals surface area (Å²) in [4.78, 5) is 12.3. The van der Waals surface area contributed by atoms with Crippen LogP contribution in [0.3, 0.4) is 0 Å². The fourth-order valence-electron chi connectivity index (χ4n) is 2.10. The average molecular weight is 263 g/mol. The molecule has 2 heterocycles. The smallest absolute Gasteiger partial charge is 0.346 e. The van der Waals surface area contributed by atoms with Gasteiger partial charge in [0.2, 0.25) is 5.82 Å². The molecule has 3 rings (SSSR count). The van der Waals surface area contributed by atoms with Crippen molar-refractivity contribution in [1.82, 2.24) is 14.3 Å². The van der Waals surface area contributed by atoms with Gasteiger partial charge in [-0.15, -0.1) is 5.10 Å². The minimum Gasteiger partial charge on any atom is -0.461 e. The first kappa shape index (κ1) is 12.2. The van der Waals surface area contributed by atoms with E-state index in [0.717, 1.165) is 12.8 Å². The number of aromatic nitrogens is 3. The van der Waals surface area contributed by atoms with Crippen LogP contribution in [0.15, 0.2) is 27.6 Å². The van der Waals surface area contributed by atoms with Gasteiger partial charge in [0.25, 0.3) is 0 Å². The second-order valence-electron chi connectivity index (χ2n) is 4.60. The van der Waals surface area contributed by atoms with Crippen molar-refractivity contribution in [3.05, 3.63) is 28.9 Å². The summed E-state index contributed by atoms with van der Waals surface area (Å²) in [5, 5.41) is 4.38. The summed E-state index contributed by atoms with van der Waals surface area (Å²) < 4.78 is 13.8. The van der Waals surface area contributed by atoms with E-state index in [1.54, 1.807) is 16.9 Å². The van der Waals surface area contributed by atoms with Gasteiger partial charge in [-0.05, 0) is 31.9 Å². The van der Waals surface area contributed by atoms with Crippen molar-refractivity contribution in [3.8, 4) is 11.6 Å². The zero-order valence-corrected chi connectivity index (χ0v) is 10.9. The summed E-state index contributed by atoms with van der Waals surface area (Å²) in [6.07, 6.45) is 3.66. The summed E-state index contributed by atoms with van der Waals surface area (Å²) in [7, 11) is 0. The van der Waals surface area contributed by atoms with Gasteiger partial charge in [0, 0.05) is 12.6 Å². The predicted molar refractivity (Wildman–Crippen MR) is 69.0 cm³/mol. The van der Waals surface area contributed by atoms with E-state index in [2.05, 4.69) is 5.10 Å². The quantitative estimate of drug-likeness (QED) is 0.744. The second-order valence-corrected chi connectivity index (χ2v) is 4.60. The number of hydrogen-bond donors (Lipinski definition) is 0. The lowest BCUT2D eigenvalue weighted by Gasteiger charge is -1.99. The van der Waals surface area contributed by atoms with E-state index in [1.807, 2.05) is 13.0 Å². The molecule has 6 heteroatoms. The second kappa shape index (κ2) is 5.05. The Hall–Kier alpha value is -1.82. The molecule has 1 saturated carbocycles. The van der Waals surface area contributed by atoms with Crippen LogP contribution in [0.1, 0.15) is 25.8 Å². The standard InChI is InChI=1S/C13H17N3O3/c1-2-18-9-7-15-13(17)16(10-5-6-10)12(14-15)11-4-3-8-19-11/h3-4,8,10H,2,5-7,9H2,1H3. The molecule has 0 saturated heterocycles. The Balaban J connectivity index is 1.94. The molecule has 1 aliphatic carbocycles. The van der Waals surface area contributed by atoms with Gasteiger partial charge in [-0.2, -0.15) is 0 Å². The summed E-state index contributed by atoms with van der Waals surface area (Å²) in [6, 6.07) is 3.90. The minimum absolute atomic E-state index is 0.0754. The fraction of sp³-hybridized carbons (Fsp3) is 0.538. The molecule has 0 bridgehead atoms. The van der Waals surface area contributed by atoms with Gasteiger partial charge in [-0.25, -0.2) is 9.48 Å². The largest absolute Gasteiger partial charge is 0.461 e. The lowest BCUT2D eigenvalue weighted by molar-refractivity contribution is 0.135. The Morgan fingerprint density at radius 3 is 3.00 bits per heavy atom. The van der Waals surface area contributed by atoms with Gasteiger partial charge < -0.3 is 9.15 Å². The highest BCUT2D eigenvalue weighted by Crippen LogP contribution is 2.36. The Labute approximate surface area is 110 Å². The zero-order chi connectivity index (χ0) is 13.2. The lowest BCUT2D eigenvalue weighted by Crippen LogP contribution is -2.26. The highest BCUT2D eigenvalue weighted by molar-refractivity contribution is 5.46. The van der Waals surface area contributed by atoms with Gasteiger partial charge in [-0.3, -0.25) is 4.57 Å². The Kier molecular flexibility index (Phi) is 3.25. The fourth-order valence-corrected chi connectivity index (χ4v) is 2.10. The number of ether oxygens (including phenoxy) is 1. The van der Waals surface area contributed by atoms with Gasteiger partial charge in [0.05, 0.1) is 19.4 Å². The van der Waals surface area contributed by atoms with Crippen LogP contribution in [-0.4, -0.2) is 27.6 Å². The van der Waals surface area contributed by atoms with Crippen molar-refractivity contribution in [2.45, 2.75) is 32.4 Å². The lowest BCUT2D eigenvalue weighted by atomic mass is 10.4. The van der Waals surface area contributed by atoms with Crippen molar-refractivity contribution in [3.63, 3.8) is 0 Å². The van der Waals surface area contributed by atoms with Crippen LogP contribution in [0.5, 0.6) is 0 Å². The third-order valence-electron chi connectivity index (χ3n) is 3.18. The van der Waals surface area contributed by atoms with E-state index in [4.69, 9.17) is 9.15 Å². The normalized spacial score (nSPS) is 15.0. The highest BCUT2D eigenvalue weighted by atomic mass is 16.5. The number of furan rings is 1. The molecule has 1 aliphatic rings. The molecule has 0 unspecified atom stereocenters. The van der Waals surface area contributed by atoms with E-state index in [1.165, 1.54) is 4.68 Å². The molecule has 2 aromatic heterocycles.